The van der Waals surface area contributed by atoms with E-state index < -0.39 is 17.7 Å². The van der Waals surface area contributed by atoms with Gasteiger partial charge in [-0.2, -0.15) is 0 Å². The van der Waals surface area contributed by atoms with Crippen molar-refractivity contribution < 1.29 is 23.3 Å². The molecule has 0 aliphatic heterocycles. The van der Waals surface area contributed by atoms with Gasteiger partial charge in [0.2, 0.25) is 0 Å². The first-order valence-electron chi connectivity index (χ1n) is 7.90. The summed E-state index contributed by atoms with van der Waals surface area (Å²) >= 11 is 5.89. The molecule has 2 aromatic rings. The highest BCUT2D eigenvalue weighted by atomic mass is 35.5. The molecule has 2 rings (SSSR count). The molecule has 138 valence electrons. The zero-order valence-electron chi connectivity index (χ0n) is 14.3. The van der Waals surface area contributed by atoms with E-state index in [1.165, 1.54) is 36.4 Å². The first kappa shape index (κ1) is 19.8. The molecule has 0 aliphatic rings. The van der Waals surface area contributed by atoms with Crippen LogP contribution >= 0.6 is 11.6 Å². The van der Waals surface area contributed by atoms with Gasteiger partial charge in [-0.25, -0.2) is 8.78 Å². The van der Waals surface area contributed by atoms with Crippen molar-refractivity contribution in [3.8, 4) is 0 Å². The monoisotopic (exact) mass is 382 g/mol. The molecular weight excluding hydrogens is 364 g/mol. The number of amides is 2. The topological polar surface area (TPSA) is 62.6 Å². The van der Waals surface area contributed by atoms with Gasteiger partial charge in [-0.1, -0.05) is 11.6 Å². The van der Waals surface area contributed by atoms with Gasteiger partial charge in [-0.05, 0) is 49.4 Å². The summed E-state index contributed by atoms with van der Waals surface area (Å²) in [5, 5.41) is 5.35. The van der Waals surface area contributed by atoms with Crippen LogP contribution in [0.3, 0.4) is 0 Å². The molecule has 0 saturated carbocycles. The maximum Gasteiger partial charge on any atom is 0.282 e. The summed E-state index contributed by atoms with van der Waals surface area (Å²) in [6.45, 7) is 1.69. The number of halogens is 3. The lowest BCUT2D eigenvalue weighted by Gasteiger charge is -2.21. The predicted octanol–water partition coefficient (Wildman–Crippen LogP) is 2.10. The van der Waals surface area contributed by atoms with Crippen molar-refractivity contribution in [2.75, 3.05) is 24.2 Å². The van der Waals surface area contributed by atoms with Crippen molar-refractivity contribution in [3.05, 3.63) is 59.1 Å². The second-order valence-electron chi connectivity index (χ2n) is 5.91. The quantitative estimate of drug-likeness (QED) is 0.716. The van der Waals surface area contributed by atoms with Crippen molar-refractivity contribution in [1.82, 2.24) is 0 Å². The number of hydrogen-bond donors (Lipinski definition) is 3. The first-order chi connectivity index (χ1) is 12.3. The molecule has 0 heterocycles. The van der Waals surface area contributed by atoms with Gasteiger partial charge in [0.1, 0.15) is 11.6 Å². The highest BCUT2D eigenvalue weighted by Gasteiger charge is 2.24. The maximum atomic E-state index is 13.0. The summed E-state index contributed by atoms with van der Waals surface area (Å²) in [5.74, 6) is -1.56. The average Bonchev–Trinajstić information content (AvgIpc) is 2.58. The van der Waals surface area contributed by atoms with E-state index in [0.29, 0.717) is 16.3 Å². The van der Waals surface area contributed by atoms with E-state index in [-0.39, 0.29) is 23.4 Å². The Labute approximate surface area is 154 Å². The van der Waals surface area contributed by atoms with E-state index in [1.54, 1.807) is 14.0 Å². The van der Waals surface area contributed by atoms with Crippen LogP contribution in [0.4, 0.5) is 20.2 Å². The zero-order valence-corrected chi connectivity index (χ0v) is 15.0. The number of likely N-dealkylation sites (N-methyl/N-ethyl adjacent to an activating group) is 1. The van der Waals surface area contributed by atoms with E-state index in [0.717, 1.165) is 6.07 Å². The Hall–Kier alpha value is -2.51. The van der Waals surface area contributed by atoms with Crippen molar-refractivity contribution >= 4 is 34.8 Å². The molecule has 1 unspecified atom stereocenters. The molecule has 0 spiro atoms. The van der Waals surface area contributed by atoms with Crippen molar-refractivity contribution in [3.63, 3.8) is 0 Å². The molecule has 3 N–H and O–H groups in total. The van der Waals surface area contributed by atoms with E-state index in [9.17, 15) is 18.4 Å². The molecule has 0 bridgehead atoms. The zero-order chi connectivity index (χ0) is 19.3. The number of benzene rings is 2. The predicted molar refractivity (Wildman–Crippen MR) is 96.3 cm³/mol. The number of quaternary nitrogens is 1. The van der Waals surface area contributed by atoms with Crippen molar-refractivity contribution in [2.45, 2.75) is 13.0 Å². The molecule has 5 nitrogen and oxygen atoms in total. The SMILES string of the molecule is C[C@@H](C(=O)Nc1ccc(F)cc1Cl)[NH+](C)CC(=O)Nc1ccc(F)cc1. The number of rotatable bonds is 6. The molecule has 8 heteroatoms. The minimum atomic E-state index is -0.560. The lowest BCUT2D eigenvalue weighted by atomic mass is 10.2. The van der Waals surface area contributed by atoms with E-state index in [1.807, 2.05) is 0 Å². The van der Waals surface area contributed by atoms with Gasteiger partial charge in [-0.15, -0.1) is 0 Å². The molecule has 0 aromatic heterocycles. The minimum absolute atomic E-state index is 0.0309. The van der Waals surface area contributed by atoms with Crippen LogP contribution in [-0.4, -0.2) is 31.4 Å². The smallest absolute Gasteiger partial charge is 0.282 e. The third kappa shape index (κ3) is 5.50. The molecule has 0 saturated heterocycles. The molecular formula is C18H19ClF2N3O2+. The van der Waals surface area contributed by atoms with Crippen molar-refractivity contribution in [2.24, 2.45) is 0 Å². The largest absolute Gasteiger partial charge is 0.321 e. The van der Waals surface area contributed by atoms with E-state index >= 15 is 0 Å². The van der Waals surface area contributed by atoms with Gasteiger partial charge in [0.05, 0.1) is 17.8 Å². The Morgan fingerprint density at radius 2 is 1.69 bits per heavy atom. The van der Waals surface area contributed by atoms with Gasteiger partial charge in [0.25, 0.3) is 11.8 Å². The van der Waals surface area contributed by atoms with Crippen LogP contribution in [0.1, 0.15) is 6.92 Å². The summed E-state index contributed by atoms with van der Waals surface area (Å²) < 4.78 is 25.9. The number of carbonyl (C=O) groups is 2. The van der Waals surface area contributed by atoms with E-state index in [4.69, 9.17) is 11.6 Å². The third-order valence-corrected chi connectivity index (χ3v) is 4.20. The Bertz CT molecular complexity index is 800. The number of carbonyl (C=O) groups excluding carboxylic acids is 2. The fourth-order valence-corrected chi connectivity index (χ4v) is 2.41. The Kier molecular flexibility index (Phi) is 6.65. The van der Waals surface area contributed by atoms with Gasteiger partial charge in [-0.3, -0.25) is 9.59 Å². The lowest BCUT2D eigenvalue weighted by Crippen LogP contribution is -3.14. The lowest BCUT2D eigenvalue weighted by molar-refractivity contribution is -0.885. The molecule has 2 atom stereocenters. The highest BCUT2D eigenvalue weighted by Crippen LogP contribution is 2.22. The fourth-order valence-electron chi connectivity index (χ4n) is 2.20. The second-order valence-corrected chi connectivity index (χ2v) is 6.32. The molecule has 0 fully saturated rings. The maximum absolute atomic E-state index is 13.0. The van der Waals surface area contributed by atoms with Crippen LogP contribution in [0.15, 0.2) is 42.5 Å². The summed E-state index contributed by atoms with van der Waals surface area (Å²) in [6, 6.07) is 8.51. The molecule has 2 aromatic carbocycles. The summed E-state index contributed by atoms with van der Waals surface area (Å²) in [7, 11) is 1.70. The molecule has 0 radical (unpaired) electrons. The molecule has 0 aliphatic carbocycles. The van der Waals surface area contributed by atoms with Gasteiger partial charge in [0.15, 0.2) is 12.6 Å². The highest BCUT2D eigenvalue weighted by molar-refractivity contribution is 6.33. The average molecular weight is 383 g/mol. The van der Waals surface area contributed by atoms with Crippen LogP contribution in [0.2, 0.25) is 5.02 Å². The van der Waals surface area contributed by atoms with Gasteiger partial charge >= 0.3 is 0 Å². The Morgan fingerprint density at radius 1 is 1.08 bits per heavy atom. The Morgan fingerprint density at radius 3 is 2.31 bits per heavy atom. The normalized spacial score (nSPS) is 13.0. The standard InChI is InChI=1S/C18H18ClF2N3O2/c1-11(18(26)23-16-8-5-13(21)9-15(16)19)24(2)10-17(25)22-14-6-3-12(20)4-7-14/h3-9,11H,10H2,1-2H3,(H,22,25)(H,23,26)/p+1/t11-/m0/s1. The second kappa shape index (κ2) is 8.73. The van der Waals surface area contributed by atoms with Crippen LogP contribution < -0.4 is 15.5 Å². The molecule has 2 amide bonds. The first-order valence-corrected chi connectivity index (χ1v) is 8.27. The number of nitrogens with one attached hydrogen (secondary N) is 3. The summed E-state index contributed by atoms with van der Waals surface area (Å²) in [6.07, 6.45) is 0. The fraction of sp³-hybridized carbons (Fsp3) is 0.222. The number of anilines is 2. The van der Waals surface area contributed by atoms with Crippen LogP contribution in [0.5, 0.6) is 0 Å². The van der Waals surface area contributed by atoms with Gasteiger partial charge < -0.3 is 15.5 Å². The third-order valence-electron chi connectivity index (χ3n) is 3.89. The number of hydrogen-bond acceptors (Lipinski definition) is 2. The van der Waals surface area contributed by atoms with E-state index in [2.05, 4.69) is 10.6 Å². The summed E-state index contributed by atoms with van der Waals surface area (Å²) in [4.78, 5) is 25.0. The van der Waals surface area contributed by atoms with Crippen LogP contribution in [-0.2, 0) is 9.59 Å². The van der Waals surface area contributed by atoms with Crippen LogP contribution in [0.25, 0.3) is 0 Å². The van der Waals surface area contributed by atoms with Crippen molar-refractivity contribution in [1.29, 1.82) is 0 Å². The minimum Gasteiger partial charge on any atom is -0.321 e. The summed E-state index contributed by atoms with van der Waals surface area (Å²) in [5.41, 5.74) is 0.771. The van der Waals surface area contributed by atoms with Gasteiger partial charge in [0, 0.05) is 5.69 Å². The van der Waals surface area contributed by atoms with Crippen LogP contribution in [0, 0.1) is 11.6 Å². The Balaban J connectivity index is 1.90. The molecule has 26 heavy (non-hydrogen) atoms.